The summed E-state index contributed by atoms with van der Waals surface area (Å²) in [7, 11) is 0. The summed E-state index contributed by atoms with van der Waals surface area (Å²) >= 11 is -1.84. The zero-order valence-electron chi connectivity index (χ0n) is 8.03. The third kappa shape index (κ3) is 1.71. The molecule has 0 N–H and O–H groups in total. The Kier molecular flexibility index (Phi) is 2.76. The summed E-state index contributed by atoms with van der Waals surface area (Å²) in [4.78, 5) is 0. The van der Waals surface area contributed by atoms with Crippen LogP contribution in [0.3, 0.4) is 0 Å². The number of hydrogen-bond acceptors (Lipinski definition) is 0. The first-order valence-corrected chi connectivity index (χ1v) is 16.1. The van der Waals surface area contributed by atoms with Crippen LogP contribution >= 0.6 is 0 Å². The Labute approximate surface area is 109 Å². The van der Waals surface area contributed by atoms with Gasteiger partial charge in [-0.05, 0) is 0 Å². The topological polar surface area (TPSA) is 0 Å². The molecule has 0 aromatic heterocycles. The van der Waals surface area contributed by atoms with Crippen molar-refractivity contribution in [3.63, 3.8) is 0 Å². The molecular weight excluding hydrogens is 545 g/mol. The Bertz CT molecular complexity index is 390. The molecule has 1 aliphatic rings. The first kappa shape index (κ1) is 9.53. The van der Waals surface area contributed by atoms with Crippen LogP contribution in [0.25, 0.3) is 0 Å². The molecule has 0 unspecified atom stereocenters. The summed E-state index contributed by atoms with van der Waals surface area (Å²) < 4.78 is 7.25. The van der Waals surface area contributed by atoms with Gasteiger partial charge in [0.25, 0.3) is 0 Å². The molecule has 0 amide bonds. The van der Waals surface area contributed by atoms with E-state index >= 15 is 0 Å². The van der Waals surface area contributed by atoms with E-state index in [0.717, 1.165) is 0 Å². The van der Waals surface area contributed by atoms with E-state index in [9.17, 15) is 0 Å². The van der Waals surface area contributed by atoms with Crippen LogP contribution in [0.5, 0.6) is 0 Å². The molecule has 3 rings (SSSR count). The van der Waals surface area contributed by atoms with Crippen LogP contribution in [0, 0.1) is 0 Å². The van der Waals surface area contributed by atoms with Crippen molar-refractivity contribution in [3.8, 4) is 0 Å². The van der Waals surface area contributed by atoms with Crippen molar-refractivity contribution < 1.29 is 49.1 Å². The molecule has 2 aromatic carbocycles. The minimum absolute atomic E-state index is 0.918. The van der Waals surface area contributed by atoms with Crippen molar-refractivity contribution >= 4 is 12.3 Å². The second-order valence-electron chi connectivity index (χ2n) is 3.89. The van der Waals surface area contributed by atoms with E-state index in [2.05, 4.69) is 48.5 Å². The Balaban J connectivity index is 2.12. The number of fused-ring (bicyclic) bond motifs is 2. The van der Waals surface area contributed by atoms with Crippen molar-refractivity contribution in [2.24, 2.45) is 0 Å². The van der Waals surface area contributed by atoms with Crippen LogP contribution in [-0.2, 0) is 49.1 Å². The van der Waals surface area contributed by atoms with Gasteiger partial charge in [-0.2, -0.15) is 0 Å². The van der Waals surface area contributed by atoms with E-state index in [4.69, 9.17) is 0 Å². The molecule has 1 aliphatic heterocycles. The molecule has 0 bridgehead atoms. The molecule has 0 fully saturated rings. The van der Waals surface area contributed by atoms with E-state index in [1.54, 1.807) is 0 Å². The van der Waals surface area contributed by atoms with Crippen molar-refractivity contribution in [1.82, 2.24) is 0 Å². The second kappa shape index (κ2) is 4.05. The molecule has 0 saturated heterocycles. The van der Waals surface area contributed by atoms with Gasteiger partial charge in [0.15, 0.2) is 0 Å². The van der Waals surface area contributed by atoms with Crippen molar-refractivity contribution in [2.75, 3.05) is 0 Å². The predicted molar refractivity (Wildman–Crippen MR) is 51.4 cm³/mol. The van der Waals surface area contributed by atoms with Crippen LogP contribution in [0.2, 0.25) is 0 Å². The zero-order chi connectivity index (χ0) is 9.38. The number of rotatable bonds is 0. The van der Waals surface area contributed by atoms with Gasteiger partial charge in [0, 0.05) is 0 Å². The third-order valence-corrected chi connectivity index (χ3v) is 34.8. The monoisotopic (exact) mass is 556 g/mol. The normalized spacial score (nSPS) is 10.9. The van der Waals surface area contributed by atoms with Crippen LogP contribution in [0.1, 0.15) is 0 Å². The summed E-state index contributed by atoms with van der Waals surface area (Å²) in [5.74, 6) is 0. The van der Waals surface area contributed by atoms with Gasteiger partial charge >= 0.3 is 110 Å². The van der Waals surface area contributed by atoms with Crippen molar-refractivity contribution in [3.05, 3.63) is 48.5 Å². The molecule has 0 saturated carbocycles. The molecular formula is C12H8Hg2. The standard InChI is InChI=1S/2C6H4.2Hg/c2*1-2-4-6-5-3-1;;/h2*1-4H;;. The van der Waals surface area contributed by atoms with Crippen LogP contribution in [0.4, 0.5) is 0 Å². The molecule has 1 heterocycles. The van der Waals surface area contributed by atoms with Crippen molar-refractivity contribution in [2.45, 2.75) is 0 Å². The molecule has 0 nitrogen and oxygen atoms in total. The predicted octanol–water partition coefficient (Wildman–Crippen LogP) is 0.0666. The van der Waals surface area contributed by atoms with Gasteiger partial charge in [-0.25, -0.2) is 0 Å². The Hall–Kier alpha value is 0.310. The van der Waals surface area contributed by atoms with Gasteiger partial charge in [-0.1, -0.05) is 0 Å². The van der Waals surface area contributed by atoms with Gasteiger partial charge in [0.2, 0.25) is 0 Å². The van der Waals surface area contributed by atoms with Crippen LogP contribution < -0.4 is 12.3 Å². The molecule has 0 radical (unpaired) electrons. The zero-order valence-corrected chi connectivity index (χ0v) is 19.0. The number of hydrogen-bond donors (Lipinski definition) is 0. The van der Waals surface area contributed by atoms with Gasteiger partial charge in [-0.15, -0.1) is 0 Å². The molecule has 2 aromatic rings. The van der Waals surface area contributed by atoms with Gasteiger partial charge in [-0.3, -0.25) is 0 Å². The fraction of sp³-hybridized carbons (Fsp3) is 0. The SMILES string of the molecule is c1cc[c]2[c](c1)[Hg][c]1cccc[c]1[Hg]2. The molecule has 14 heavy (non-hydrogen) atoms. The van der Waals surface area contributed by atoms with E-state index in [-0.39, 0.29) is 0 Å². The van der Waals surface area contributed by atoms with Crippen molar-refractivity contribution in [1.29, 1.82) is 0 Å². The quantitative estimate of drug-likeness (QED) is 0.346. The second-order valence-corrected chi connectivity index (χ2v) is 18.5. The van der Waals surface area contributed by atoms with Gasteiger partial charge < -0.3 is 0 Å². The fourth-order valence-electron chi connectivity index (χ4n) is 2.22. The Morgan fingerprint density at radius 3 is 1.07 bits per heavy atom. The minimum atomic E-state index is -0.918. The van der Waals surface area contributed by atoms with Gasteiger partial charge in [0.1, 0.15) is 0 Å². The average molecular weight is 553 g/mol. The maximum atomic E-state index is 2.40. The first-order valence-electron chi connectivity index (χ1n) is 5.07. The Morgan fingerprint density at radius 2 is 0.786 bits per heavy atom. The fourth-order valence-corrected chi connectivity index (χ4v) is 31.8. The third-order valence-electron chi connectivity index (χ3n) is 3.00. The average Bonchev–Trinajstić information content (AvgIpc) is 2.26. The maximum absolute atomic E-state index is 2.40. The van der Waals surface area contributed by atoms with E-state index in [1.807, 2.05) is 12.3 Å². The summed E-state index contributed by atoms with van der Waals surface area (Å²) in [6, 6.07) is 18.5. The van der Waals surface area contributed by atoms with Crippen LogP contribution in [-0.4, -0.2) is 0 Å². The first-order chi connectivity index (χ1) is 6.93. The van der Waals surface area contributed by atoms with Gasteiger partial charge in [0.05, 0.1) is 0 Å². The summed E-state index contributed by atoms with van der Waals surface area (Å²) in [6.45, 7) is 0. The van der Waals surface area contributed by atoms with E-state index < -0.39 is 49.1 Å². The summed E-state index contributed by atoms with van der Waals surface area (Å²) in [5, 5.41) is 0. The van der Waals surface area contributed by atoms with Crippen LogP contribution in [0.15, 0.2) is 48.5 Å². The molecule has 60 valence electrons. The molecule has 2 heteroatoms. The molecule has 0 aliphatic carbocycles. The van der Waals surface area contributed by atoms with E-state index in [1.165, 1.54) is 0 Å². The number of benzene rings is 2. The summed E-state index contributed by atoms with van der Waals surface area (Å²) in [6.07, 6.45) is 0. The Morgan fingerprint density at radius 1 is 0.500 bits per heavy atom. The molecule has 0 atom stereocenters. The summed E-state index contributed by atoms with van der Waals surface area (Å²) in [5.41, 5.74) is 0. The molecule has 0 spiro atoms. The van der Waals surface area contributed by atoms with E-state index in [0.29, 0.717) is 0 Å².